The van der Waals surface area contributed by atoms with Gasteiger partial charge in [-0.2, -0.15) is 0 Å². The highest BCUT2D eigenvalue weighted by Crippen LogP contribution is 2.17. The van der Waals surface area contributed by atoms with Gasteiger partial charge in [0.2, 0.25) is 0 Å². The highest BCUT2D eigenvalue weighted by Gasteiger charge is 2.12. The Morgan fingerprint density at radius 1 is 1.25 bits per heavy atom. The van der Waals surface area contributed by atoms with Crippen LogP contribution in [0.4, 0.5) is 5.69 Å². The summed E-state index contributed by atoms with van der Waals surface area (Å²) in [6.07, 6.45) is 0. The summed E-state index contributed by atoms with van der Waals surface area (Å²) in [5.74, 6) is -0.146. The lowest BCUT2D eigenvalue weighted by atomic mass is 10.3. The Morgan fingerprint density at radius 2 is 1.94 bits per heavy atom. The first-order chi connectivity index (χ1) is 7.66. The summed E-state index contributed by atoms with van der Waals surface area (Å²) in [5.41, 5.74) is 1.71. The van der Waals surface area contributed by atoms with Crippen LogP contribution in [0.3, 0.4) is 0 Å². The van der Waals surface area contributed by atoms with Crippen molar-refractivity contribution in [1.82, 2.24) is 4.98 Å². The largest absolute Gasteiger partial charge is 0.320 e. The van der Waals surface area contributed by atoms with Gasteiger partial charge in [-0.1, -0.05) is 18.2 Å². The Bertz CT molecular complexity index is 485. The molecule has 0 unspecified atom stereocenters. The number of aromatic nitrogens is 1. The minimum atomic E-state index is -0.146. The molecule has 0 fully saturated rings. The second-order valence-electron chi connectivity index (χ2n) is 3.48. The number of nitrogens with one attached hydrogen (secondary N) is 1. The van der Waals surface area contributed by atoms with Crippen LogP contribution in [0, 0.1) is 13.8 Å². The van der Waals surface area contributed by atoms with Crippen molar-refractivity contribution in [2.75, 3.05) is 5.32 Å². The minimum absolute atomic E-state index is 0.146. The van der Waals surface area contributed by atoms with Crippen LogP contribution in [0.2, 0.25) is 0 Å². The minimum Gasteiger partial charge on any atom is -0.320 e. The van der Waals surface area contributed by atoms with Gasteiger partial charge in [0.05, 0.1) is 5.69 Å². The molecular formula is C12H12N2OS. The van der Waals surface area contributed by atoms with E-state index >= 15 is 0 Å². The van der Waals surface area contributed by atoms with Gasteiger partial charge in [0.15, 0.2) is 5.01 Å². The number of aryl methyl sites for hydroxylation is 2. The number of anilines is 1. The Kier molecular flexibility index (Phi) is 3.01. The fourth-order valence-corrected chi connectivity index (χ4v) is 2.09. The number of carbonyl (C=O) groups excluding carboxylic acids is 1. The zero-order valence-corrected chi connectivity index (χ0v) is 9.97. The Labute approximate surface area is 98.2 Å². The zero-order valence-electron chi connectivity index (χ0n) is 9.15. The van der Waals surface area contributed by atoms with Gasteiger partial charge in [-0.3, -0.25) is 4.79 Å². The molecule has 1 heterocycles. The third-order valence-electron chi connectivity index (χ3n) is 2.25. The van der Waals surface area contributed by atoms with Gasteiger partial charge in [0, 0.05) is 10.6 Å². The van der Waals surface area contributed by atoms with E-state index < -0.39 is 0 Å². The predicted octanol–water partition coefficient (Wildman–Crippen LogP) is 3.01. The molecule has 2 aromatic rings. The van der Waals surface area contributed by atoms with E-state index in [2.05, 4.69) is 10.3 Å². The van der Waals surface area contributed by atoms with E-state index in [1.54, 1.807) is 0 Å². The van der Waals surface area contributed by atoms with E-state index in [-0.39, 0.29) is 5.91 Å². The number of carbonyl (C=O) groups is 1. The molecule has 0 spiro atoms. The van der Waals surface area contributed by atoms with E-state index in [1.807, 2.05) is 44.2 Å². The smallest absolute Gasteiger partial charge is 0.284 e. The average molecular weight is 232 g/mol. The SMILES string of the molecule is Cc1nc(C(=O)Nc2ccccc2)sc1C. The normalized spacial score (nSPS) is 10.1. The highest BCUT2D eigenvalue weighted by atomic mass is 32.1. The van der Waals surface area contributed by atoms with Gasteiger partial charge in [0.1, 0.15) is 0 Å². The van der Waals surface area contributed by atoms with Crippen molar-refractivity contribution in [1.29, 1.82) is 0 Å². The number of rotatable bonds is 2. The van der Waals surface area contributed by atoms with Crippen LogP contribution in [0.15, 0.2) is 30.3 Å². The number of nitrogens with zero attached hydrogens (tertiary/aromatic N) is 1. The molecule has 0 saturated carbocycles. The maximum absolute atomic E-state index is 11.8. The van der Waals surface area contributed by atoms with Gasteiger partial charge in [-0.25, -0.2) is 4.98 Å². The number of benzene rings is 1. The van der Waals surface area contributed by atoms with Gasteiger partial charge in [0.25, 0.3) is 5.91 Å². The quantitative estimate of drug-likeness (QED) is 0.864. The average Bonchev–Trinajstić information content (AvgIpc) is 2.61. The van der Waals surface area contributed by atoms with Crippen molar-refractivity contribution < 1.29 is 4.79 Å². The number of thiazole rings is 1. The topological polar surface area (TPSA) is 42.0 Å². The summed E-state index contributed by atoms with van der Waals surface area (Å²) in [6.45, 7) is 3.87. The Hall–Kier alpha value is -1.68. The maximum atomic E-state index is 11.8. The molecule has 1 aromatic carbocycles. The van der Waals surface area contributed by atoms with Crippen molar-refractivity contribution in [3.05, 3.63) is 45.9 Å². The third-order valence-corrected chi connectivity index (χ3v) is 3.33. The summed E-state index contributed by atoms with van der Waals surface area (Å²) in [6, 6.07) is 9.38. The molecule has 0 radical (unpaired) electrons. The lowest BCUT2D eigenvalue weighted by Gasteiger charge is -2.01. The highest BCUT2D eigenvalue weighted by molar-refractivity contribution is 7.13. The lowest BCUT2D eigenvalue weighted by Crippen LogP contribution is -2.11. The van der Waals surface area contributed by atoms with E-state index in [0.29, 0.717) is 5.01 Å². The molecule has 82 valence electrons. The van der Waals surface area contributed by atoms with Gasteiger partial charge in [-0.15, -0.1) is 11.3 Å². The molecule has 0 aliphatic carbocycles. The lowest BCUT2D eigenvalue weighted by molar-refractivity contribution is 0.102. The van der Waals surface area contributed by atoms with Crippen molar-refractivity contribution in [3.63, 3.8) is 0 Å². The van der Waals surface area contributed by atoms with E-state index in [9.17, 15) is 4.79 Å². The van der Waals surface area contributed by atoms with Crippen LogP contribution < -0.4 is 5.32 Å². The number of amides is 1. The fourth-order valence-electron chi connectivity index (χ4n) is 1.28. The second kappa shape index (κ2) is 4.45. The summed E-state index contributed by atoms with van der Waals surface area (Å²) in [4.78, 5) is 17.1. The predicted molar refractivity (Wildman–Crippen MR) is 66.0 cm³/mol. The van der Waals surface area contributed by atoms with Gasteiger partial charge in [-0.05, 0) is 26.0 Å². The number of hydrogen-bond donors (Lipinski definition) is 1. The molecule has 3 nitrogen and oxygen atoms in total. The zero-order chi connectivity index (χ0) is 11.5. The molecule has 1 N–H and O–H groups in total. The van der Waals surface area contributed by atoms with Crippen molar-refractivity contribution >= 4 is 22.9 Å². The van der Waals surface area contributed by atoms with Gasteiger partial charge < -0.3 is 5.32 Å². The first-order valence-corrected chi connectivity index (χ1v) is 5.79. The summed E-state index contributed by atoms with van der Waals surface area (Å²) in [7, 11) is 0. The van der Waals surface area contributed by atoms with Gasteiger partial charge >= 0.3 is 0 Å². The summed E-state index contributed by atoms with van der Waals surface area (Å²) in [5, 5.41) is 3.32. The third kappa shape index (κ3) is 2.28. The van der Waals surface area contributed by atoms with Crippen LogP contribution >= 0.6 is 11.3 Å². The second-order valence-corrected chi connectivity index (χ2v) is 4.68. The van der Waals surface area contributed by atoms with Crippen LogP contribution in [0.5, 0.6) is 0 Å². The van der Waals surface area contributed by atoms with E-state index in [0.717, 1.165) is 16.3 Å². The molecule has 2 rings (SSSR count). The van der Waals surface area contributed by atoms with E-state index in [4.69, 9.17) is 0 Å². The van der Waals surface area contributed by atoms with Crippen molar-refractivity contribution in [2.45, 2.75) is 13.8 Å². The fraction of sp³-hybridized carbons (Fsp3) is 0.167. The molecule has 16 heavy (non-hydrogen) atoms. The van der Waals surface area contributed by atoms with Crippen molar-refractivity contribution in [3.8, 4) is 0 Å². The maximum Gasteiger partial charge on any atom is 0.284 e. The summed E-state index contributed by atoms with van der Waals surface area (Å²) < 4.78 is 0. The Balaban J connectivity index is 2.15. The van der Waals surface area contributed by atoms with Crippen LogP contribution in [-0.4, -0.2) is 10.9 Å². The molecule has 0 atom stereocenters. The molecule has 4 heteroatoms. The molecule has 0 aliphatic heterocycles. The molecule has 0 aliphatic rings. The standard InChI is InChI=1S/C12H12N2OS/c1-8-9(2)16-12(13-8)11(15)14-10-6-4-3-5-7-10/h3-7H,1-2H3,(H,14,15). The molecule has 1 amide bonds. The van der Waals surface area contributed by atoms with Crippen molar-refractivity contribution in [2.24, 2.45) is 0 Å². The van der Waals surface area contributed by atoms with E-state index in [1.165, 1.54) is 11.3 Å². The monoisotopic (exact) mass is 232 g/mol. The molecular weight excluding hydrogens is 220 g/mol. The van der Waals surface area contributed by atoms with Crippen LogP contribution in [0.25, 0.3) is 0 Å². The summed E-state index contributed by atoms with van der Waals surface area (Å²) >= 11 is 1.42. The Morgan fingerprint density at radius 3 is 2.50 bits per heavy atom. The van der Waals surface area contributed by atoms with Crippen LogP contribution in [0.1, 0.15) is 20.4 Å². The first kappa shape index (κ1) is 10.8. The van der Waals surface area contributed by atoms with Crippen LogP contribution in [-0.2, 0) is 0 Å². The number of hydrogen-bond acceptors (Lipinski definition) is 3. The number of para-hydroxylation sites is 1. The molecule has 1 aromatic heterocycles. The molecule has 0 saturated heterocycles. The first-order valence-electron chi connectivity index (χ1n) is 4.97. The molecule has 0 bridgehead atoms.